The molecule has 0 aliphatic rings. The lowest BCUT2D eigenvalue weighted by Gasteiger charge is -2.09. The third kappa shape index (κ3) is 4.40. The van der Waals surface area contributed by atoms with Crippen molar-refractivity contribution in [2.75, 3.05) is 7.05 Å². The molecule has 1 aromatic carbocycles. The van der Waals surface area contributed by atoms with Crippen LogP contribution < -0.4 is 10.6 Å². The molecule has 0 saturated carbocycles. The number of aromatic nitrogens is 1. The monoisotopic (exact) mass is 342 g/mol. The summed E-state index contributed by atoms with van der Waals surface area (Å²) in [4.78, 5) is 10.2. The quantitative estimate of drug-likeness (QED) is 0.548. The molecule has 0 saturated heterocycles. The molecule has 0 radical (unpaired) electrons. The summed E-state index contributed by atoms with van der Waals surface area (Å²) in [7, 11) is 1.78. The van der Waals surface area contributed by atoms with Gasteiger partial charge < -0.3 is 10.6 Å². The van der Waals surface area contributed by atoms with Crippen LogP contribution in [0.4, 0.5) is 0 Å². The highest BCUT2D eigenvalue weighted by Crippen LogP contribution is 2.21. The molecule has 118 valence electrons. The Bertz CT molecular complexity index is 748. The van der Waals surface area contributed by atoms with Crippen molar-refractivity contribution in [2.45, 2.75) is 13.1 Å². The Morgan fingerprint density at radius 3 is 2.61 bits per heavy atom. The first-order valence-corrected chi connectivity index (χ1v) is 9.08. The van der Waals surface area contributed by atoms with Gasteiger partial charge in [-0.15, -0.1) is 22.7 Å². The maximum atomic E-state index is 4.67. The lowest BCUT2D eigenvalue weighted by atomic mass is 10.2. The summed E-state index contributed by atoms with van der Waals surface area (Å²) in [5.74, 6) is 0.787. The van der Waals surface area contributed by atoms with Gasteiger partial charge in [0.2, 0.25) is 0 Å². The van der Waals surface area contributed by atoms with Crippen molar-refractivity contribution in [3.8, 4) is 11.3 Å². The lowest BCUT2D eigenvalue weighted by molar-refractivity contribution is 0.811. The Labute approximate surface area is 144 Å². The Morgan fingerprint density at radius 1 is 1.04 bits per heavy atom. The Kier molecular flexibility index (Phi) is 5.39. The van der Waals surface area contributed by atoms with Gasteiger partial charge in [0.15, 0.2) is 5.96 Å². The fourth-order valence-corrected chi connectivity index (χ4v) is 3.49. The van der Waals surface area contributed by atoms with Crippen LogP contribution in [0.5, 0.6) is 0 Å². The van der Waals surface area contributed by atoms with E-state index < -0.39 is 0 Å². The fourth-order valence-electron chi connectivity index (χ4n) is 2.10. The highest BCUT2D eigenvalue weighted by molar-refractivity contribution is 7.10. The molecule has 6 heteroatoms. The first-order chi connectivity index (χ1) is 11.3. The van der Waals surface area contributed by atoms with Crippen LogP contribution in [0.3, 0.4) is 0 Å². The van der Waals surface area contributed by atoms with Crippen molar-refractivity contribution in [3.63, 3.8) is 0 Å². The summed E-state index contributed by atoms with van der Waals surface area (Å²) >= 11 is 3.39. The second-order valence-corrected chi connectivity index (χ2v) is 6.83. The van der Waals surface area contributed by atoms with Crippen molar-refractivity contribution in [1.82, 2.24) is 15.6 Å². The average molecular weight is 342 g/mol. The molecule has 0 fully saturated rings. The first kappa shape index (κ1) is 15.7. The third-order valence-corrected chi connectivity index (χ3v) is 4.99. The highest BCUT2D eigenvalue weighted by Gasteiger charge is 2.05. The average Bonchev–Trinajstić information content (AvgIpc) is 3.27. The second kappa shape index (κ2) is 7.89. The zero-order valence-electron chi connectivity index (χ0n) is 12.8. The topological polar surface area (TPSA) is 49.3 Å². The van der Waals surface area contributed by atoms with E-state index in [1.807, 2.05) is 18.2 Å². The summed E-state index contributed by atoms with van der Waals surface area (Å²) in [5, 5.41) is 11.8. The number of guanidine groups is 1. The smallest absolute Gasteiger partial charge is 0.191 e. The van der Waals surface area contributed by atoms with Gasteiger partial charge in [-0.2, -0.15) is 0 Å². The summed E-state index contributed by atoms with van der Waals surface area (Å²) in [6.45, 7) is 1.45. The van der Waals surface area contributed by atoms with E-state index in [2.05, 4.69) is 55.6 Å². The van der Waals surface area contributed by atoms with E-state index in [1.165, 1.54) is 4.88 Å². The number of hydrogen-bond donors (Lipinski definition) is 2. The summed E-state index contributed by atoms with van der Waals surface area (Å²) in [5.41, 5.74) is 2.17. The van der Waals surface area contributed by atoms with Crippen molar-refractivity contribution in [1.29, 1.82) is 0 Å². The maximum Gasteiger partial charge on any atom is 0.191 e. The van der Waals surface area contributed by atoms with Crippen molar-refractivity contribution in [2.24, 2.45) is 4.99 Å². The number of rotatable bonds is 5. The Hall–Kier alpha value is -2.18. The molecule has 3 rings (SSSR count). The van der Waals surface area contributed by atoms with Gasteiger partial charge in [-0.1, -0.05) is 36.4 Å². The minimum atomic E-state index is 0.668. The van der Waals surface area contributed by atoms with E-state index >= 15 is 0 Å². The van der Waals surface area contributed by atoms with Crippen LogP contribution in [0, 0.1) is 0 Å². The van der Waals surface area contributed by atoms with Crippen LogP contribution in [0.25, 0.3) is 11.3 Å². The number of aliphatic imine (C=N–C) groups is 1. The van der Waals surface area contributed by atoms with E-state index in [-0.39, 0.29) is 0 Å². The molecule has 4 nitrogen and oxygen atoms in total. The molecule has 0 aliphatic heterocycles. The predicted molar refractivity (Wildman–Crippen MR) is 98.9 cm³/mol. The molecule has 2 N–H and O–H groups in total. The van der Waals surface area contributed by atoms with Crippen molar-refractivity contribution >= 4 is 28.6 Å². The van der Waals surface area contributed by atoms with E-state index in [4.69, 9.17) is 0 Å². The summed E-state index contributed by atoms with van der Waals surface area (Å²) in [6.07, 6.45) is 0. The van der Waals surface area contributed by atoms with Crippen molar-refractivity contribution < 1.29 is 0 Å². The Balaban J connectivity index is 1.54. The van der Waals surface area contributed by atoms with Gasteiger partial charge in [-0.25, -0.2) is 4.98 Å². The summed E-state index contributed by atoms with van der Waals surface area (Å²) < 4.78 is 0. The van der Waals surface area contributed by atoms with Crippen molar-refractivity contribution in [3.05, 3.63) is 63.1 Å². The molecule has 0 aliphatic carbocycles. The van der Waals surface area contributed by atoms with Crippen LogP contribution in [0.15, 0.2) is 58.2 Å². The number of hydrogen-bond acceptors (Lipinski definition) is 4. The summed E-state index contributed by atoms with van der Waals surface area (Å²) in [6, 6.07) is 14.4. The minimum absolute atomic E-state index is 0.668. The molecule has 2 aromatic heterocycles. The lowest BCUT2D eigenvalue weighted by Crippen LogP contribution is -2.36. The number of benzene rings is 1. The van der Waals surface area contributed by atoms with Gasteiger partial charge in [-0.3, -0.25) is 4.99 Å². The molecule has 0 atom stereocenters. The molecule has 3 aromatic rings. The van der Waals surface area contributed by atoms with Gasteiger partial charge in [0.1, 0.15) is 5.01 Å². The van der Waals surface area contributed by atoms with Gasteiger partial charge in [0, 0.05) is 22.9 Å². The number of nitrogens with one attached hydrogen (secondary N) is 2. The van der Waals surface area contributed by atoms with E-state index in [0.29, 0.717) is 6.54 Å². The third-order valence-electron chi connectivity index (χ3n) is 3.26. The zero-order chi connectivity index (χ0) is 15.9. The van der Waals surface area contributed by atoms with Gasteiger partial charge in [-0.05, 0) is 11.4 Å². The van der Waals surface area contributed by atoms with Gasteiger partial charge >= 0.3 is 0 Å². The van der Waals surface area contributed by atoms with Crippen LogP contribution in [-0.2, 0) is 13.1 Å². The first-order valence-electron chi connectivity index (χ1n) is 7.32. The SMILES string of the molecule is CN=C(NCc1cccs1)NCc1nc(-c2ccccc2)cs1. The zero-order valence-corrected chi connectivity index (χ0v) is 14.5. The van der Waals surface area contributed by atoms with Crippen LogP contribution >= 0.6 is 22.7 Å². The molecule has 0 bridgehead atoms. The van der Waals surface area contributed by atoms with E-state index in [1.54, 1.807) is 29.7 Å². The molecule has 23 heavy (non-hydrogen) atoms. The molecule has 2 heterocycles. The number of nitrogens with zero attached hydrogens (tertiary/aromatic N) is 2. The largest absolute Gasteiger partial charge is 0.352 e. The Morgan fingerprint density at radius 2 is 1.87 bits per heavy atom. The van der Waals surface area contributed by atoms with Crippen LogP contribution in [0.2, 0.25) is 0 Å². The molecular weight excluding hydrogens is 324 g/mol. The maximum absolute atomic E-state index is 4.67. The second-order valence-electron chi connectivity index (χ2n) is 4.85. The normalized spacial score (nSPS) is 11.4. The fraction of sp³-hybridized carbons (Fsp3) is 0.176. The van der Waals surface area contributed by atoms with Gasteiger partial charge in [0.25, 0.3) is 0 Å². The van der Waals surface area contributed by atoms with E-state index in [9.17, 15) is 0 Å². The molecule has 0 spiro atoms. The molecular formula is C17H18N4S2. The van der Waals surface area contributed by atoms with Gasteiger partial charge in [0.05, 0.1) is 18.8 Å². The molecule has 0 unspecified atom stereocenters. The predicted octanol–water partition coefficient (Wildman–Crippen LogP) is 3.74. The molecule has 0 amide bonds. The van der Waals surface area contributed by atoms with Crippen LogP contribution in [0.1, 0.15) is 9.88 Å². The highest BCUT2D eigenvalue weighted by atomic mass is 32.1. The van der Waals surface area contributed by atoms with Crippen LogP contribution in [-0.4, -0.2) is 18.0 Å². The standard InChI is InChI=1S/C17H18N4S2/c1-18-17(19-10-14-8-5-9-22-14)20-11-16-21-15(12-23-16)13-6-3-2-4-7-13/h2-9,12H,10-11H2,1H3,(H2,18,19,20). The minimum Gasteiger partial charge on any atom is -0.352 e. The number of thiophene rings is 1. The van der Waals surface area contributed by atoms with E-state index in [0.717, 1.165) is 28.8 Å². The number of thiazole rings is 1.